The van der Waals surface area contributed by atoms with Gasteiger partial charge >= 0.3 is 0 Å². The standard InChI is InChI=1S/C13H17ClN2OS/c1-13(2)8-16(6-7-18-13)12(17)9-4-3-5-10(15)11(9)14/h3-5H,6-8,15H2,1-2H3. The van der Waals surface area contributed by atoms with Gasteiger partial charge in [-0.1, -0.05) is 17.7 Å². The van der Waals surface area contributed by atoms with Gasteiger partial charge in [-0.2, -0.15) is 11.8 Å². The highest BCUT2D eigenvalue weighted by atomic mass is 35.5. The van der Waals surface area contributed by atoms with Crippen molar-refractivity contribution < 1.29 is 4.79 Å². The number of nitrogen functional groups attached to an aromatic ring is 1. The monoisotopic (exact) mass is 284 g/mol. The van der Waals surface area contributed by atoms with Crippen LogP contribution in [0.4, 0.5) is 5.69 Å². The molecule has 1 amide bonds. The van der Waals surface area contributed by atoms with Crippen LogP contribution in [0.15, 0.2) is 18.2 Å². The zero-order chi connectivity index (χ0) is 13.3. The van der Waals surface area contributed by atoms with Gasteiger partial charge in [0.15, 0.2) is 0 Å². The Hall–Kier alpha value is -0.870. The third-order valence-corrected chi connectivity index (χ3v) is 4.69. The van der Waals surface area contributed by atoms with E-state index in [0.29, 0.717) is 16.3 Å². The summed E-state index contributed by atoms with van der Waals surface area (Å²) < 4.78 is 0.0979. The fourth-order valence-corrected chi connectivity index (χ4v) is 3.39. The number of anilines is 1. The van der Waals surface area contributed by atoms with Crippen molar-refractivity contribution in [2.45, 2.75) is 18.6 Å². The molecule has 1 aromatic rings. The highest BCUT2D eigenvalue weighted by molar-refractivity contribution is 8.00. The van der Waals surface area contributed by atoms with E-state index < -0.39 is 0 Å². The van der Waals surface area contributed by atoms with Crippen molar-refractivity contribution in [3.05, 3.63) is 28.8 Å². The molecule has 18 heavy (non-hydrogen) atoms. The van der Waals surface area contributed by atoms with E-state index >= 15 is 0 Å². The van der Waals surface area contributed by atoms with Gasteiger partial charge in [0.1, 0.15) is 0 Å². The van der Waals surface area contributed by atoms with Gasteiger partial charge in [-0.05, 0) is 26.0 Å². The molecule has 0 aliphatic carbocycles. The Kier molecular flexibility index (Phi) is 3.78. The third kappa shape index (κ3) is 2.75. The lowest BCUT2D eigenvalue weighted by Crippen LogP contribution is -2.46. The molecule has 98 valence electrons. The second-order valence-electron chi connectivity index (χ2n) is 5.04. The largest absolute Gasteiger partial charge is 0.398 e. The average Bonchev–Trinajstić information content (AvgIpc) is 2.30. The molecule has 1 aliphatic heterocycles. The summed E-state index contributed by atoms with van der Waals surface area (Å²) in [5, 5.41) is 0.360. The van der Waals surface area contributed by atoms with Crippen molar-refractivity contribution in [1.82, 2.24) is 4.90 Å². The number of hydrogen-bond acceptors (Lipinski definition) is 3. The number of nitrogens with zero attached hydrogens (tertiary/aromatic N) is 1. The fraction of sp³-hybridized carbons (Fsp3) is 0.462. The summed E-state index contributed by atoms with van der Waals surface area (Å²) in [5.74, 6) is 0.930. The zero-order valence-corrected chi connectivity index (χ0v) is 12.1. The van der Waals surface area contributed by atoms with Gasteiger partial charge in [0.2, 0.25) is 0 Å². The molecule has 0 unspecified atom stereocenters. The molecule has 1 saturated heterocycles. The summed E-state index contributed by atoms with van der Waals surface area (Å²) in [6.07, 6.45) is 0. The molecule has 1 fully saturated rings. The van der Waals surface area contributed by atoms with Gasteiger partial charge in [0.25, 0.3) is 5.91 Å². The minimum Gasteiger partial charge on any atom is -0.398 e. The molecule has 2 rings (SSSR count). The summed E-state index contributed by atoms with van der Waals surface area (Å²) in [7, 11) is 0. The van der Waals surface area contributed by atoms with Crippen LogP contribution in [0.3, 0.4) is 0 Å². The maximum atomic E-state index is 12.4. The van der Waals surface area contributed by atoms with E-state index in [1.807, 2.05) is 16.7 Å². The van der Waals surface area contributed by atoms with Gasteiger partial charge in [0.05, 0.1) is 16.3 Å². The number of hydrogen-bond donors (Lipinski definition) is 1. The first-order valence-corrected chi connectivity index (χ1v) is 7.24. The van der Waals surface area contributed by atoms with Gasteiger partial charge in [-0.3, -0.25) is 4.79 Å². The SMILES string of the molecule is CC1(C)CN(C(=O)c2cccc(N)c2Cl)CCS1. The first-order valence-electron chi connectivity index (χ1n) is 5.88. The van der Waals surface area contributed by atoms with Crippen LogP contribution in [0.5, 0.6) is 0 Å². The first-order chi connectivity index (χ1) is 8.41. The van der Waals surface area contributed by atoms with Crippen molar-refractivity contribution >= 4 is 35.0 Å². The molecule has 0 saturated carbocycles. The van der Waals surface area contributed by atoms with Crippen molar-refractivity contribution in [3.8, 4) is 0 Å². The van der Waals surface area contributed by atoms with Gasteiger partial charge in [-0.25, -0.2) is 0 Å². The van der Waals surface area contributed by atoms with Crippen molar-refractivity contribution in [1.29, 1.82) is 0 Å². The fourth-order valence-electron chi connectivity index (χ4n) is 2.08. The van der Waals surface area contributed by atoms with E-state index in [9.17, 15) is 4.79 Å². The zero-order valence-electron chi connectivity index (χ0n) is 10.6. The molecule has 5 heteroatoms. The molecule has 0 aromatic heterocycles. The van der Waals surface area contributed by atoms with Crippen LogP contribution in [-0.2, 0) is 0 Å². The van der Waals surface area contributed by atoms with E-state index in [2.05, 4.69) is 13.8 Å². The van der Waals surface area contributed by atoms with Gasteiger partial charge in [-0.15, -0.1) is 0 Å². The number of amides is 1. The number of rotatable bonds is 1. The summed E-state index contributed by atoms with van der Waals surface area (Å²) in [6, 6.07) is 5.20. The number of nitrogens with two attached hydrogens (primary N) is 1. The average molecular weight is 285 g/mol. The lowest BCUT2D eigenvalue weighted by atomic mass is 10.1. The van der Waals surface area contributed by atoms with E-state index in [1.165, 1.54) is 0 Å². The van der Waals surface area contributed by atoms with E-state index in [1.54, 1.807) is 18.2 Å². The van der Waals surface area contributed by atoms with Crippen LogP contribution in [0.1, 0.15) is 24.2 Å². The summed E-state index contributed by atoms with van der Waals surface area (Å²) in [4.78, 5) is 14.3. The van der Waals surface area contributed by atoms with Crippen LogP contribution >= 0.6 is 23.4 Å². The quantitative estimate of drug-likeness (QED) is 0.807. The van der Waals surface area contributed by atoms with Crippen LogP contribution in [0, 0.1) is 0 Å². The first kappa shape index (κ1) is 13.6. The lowest BCUT2D eigenvalue weighted by Gasteiger charge is -2.37. The van der Waals surface area contributed by atoms with Gasteiger partial charge in [0, 0.05) is 23.6 Å². The Bertz CT molecular complexity index is 476. The highest BCUT2D eigenvalue weighted by Gasteiger charge is 2.30. The molecule has 1 heterocycles. The smallest absolute Gasteiger partial charge is 0.255 e. The number of thioether (sulfide) groups is 1. The molecular formula is C13H17ClN2OS. The maximum Gasteiger partial charge on any atom is 0.255 e. The Morgan fingerprint density at radius 3 is 2.89 bits per heavy atom. The topological polar surface area (TPSA) is 46.3 Å². The van der Waals surface area contributed by atoms with Gasteiger partial charge < -0.3 is 10.6 Å². The maximum absolute atomic E-state index is 12.4. The lowest BCUT2D eigenvalue weighted by molar-refractivity contribution is 0.0748. The van der Waals surface area contributed by atoms with E-state index in [0.717, 1.165) is 18.8 Å². The minimum absolute atomic E-state index is 0.0272. The molecular weight excluding hydrogens is 268 g/mol. The summed E-state index contributed by atoms with van der Waals surface area (Å²) in [5.41, 5.74) is 6.69. The molecule has 0 bridgehead atoms. The Balaban J connectivity index is 2.23. The number of benzene rings is 1. The number of halogens is 1. The normalized spacial score (nSPS) is 18.7. The molecule has 2 N–H and O–H groups in total. The molecule has 0 atom stereocenters. The Labute approximate surface area is 117 Å². The van der Waals surface area contributed by atoms with Crippen molar-refractivity contribution in [3.63, 3.8) is 0 Å². The Morgan fingerprint density at radius 1 is 1.50 bits per heavy atom. The molecule has 0 radical (unpaired) electrons. The third-order valence-electron chi connectivity index (χ3n) is 2.97. The molecule has 0 spiro atoms. The molecule has 1 aliphatic rings. The molecule has 3 nitrogen and oxygen atoms in total. The number of carbonyl (C=O) groups is 1. The minimum atomic E-state index is -0.0272. The van der Waals surface area contributed by atoms with Crippen LogP contribution in [0.2, 0.25) is 5.02 Å². The molecule has 1 aromatic carbocycles. The summed E-state index contributed by atoms with van der Waals surface area (Å²) >= 11 is 7.99. The second kappa shape index (κ2) is 5.02. The predicted molar refractivity (Wildman–Crippen MR) is 78.3 cm³/mol. The van der Waals surface area contributed by atoms with Crippen LogP contribution in [0.25, 0.3) is 0 Å². The van der Waals surface area contributed by atoms with Crippen LogP contribution in [-0.4, -0.2) is 34.4 Å². The Morgan fingerprint density at radius 2 is 2.22 bits per heavy atom. The van der Waals surface area contributed by atoms with Crippen molar-refractivity contribution in [2.24, 2.45) is 0 Å². The van der Waals surface area contributed by atoms with Crippen LogP contribution < -0.4 is 5.73 Å². The second-order valence-corrected chi connectivity index (χ2v) is 7.22. The van der Waals surface area contributed by atoms with Crippen molar-refractivity contribution in [2.75, 3.05) is 24.6 Å². The summed E-state index contributed by atoms with van der Waals surface area (Å²) in [6.45, 7) is 5.80. The number of carbonyl (C=O) groups excluding carboxylic acids is 1. The predicted octanol–water partition coefficient (Wildman–Crippen LogP) is 2.89. The highest BCUT2D eigenvalue weighted by Crippen LogP contribution is 2.31. The van der Waals surface area contributed by atoms with E-state index in [4.69, 9.17) is 17.3 Å². The van der Waals surface area contributed by atoms with E-state index in [-0.39, 0.29) is 10.7 Å².